The van der Waals surface area contributed by atoms with E-state index in [0.29, 0.717) is 22.4 Å². The van der Waals surface area contributed by atoms with Crippen LogP contribution in [0.5, 0.6) is 0 Å². The van der Waals surface area contributed by atoms with Crippen molar-refractivity contribution in [3.8, 4) is 0 Å². The van der Waals surface area contributed by atoms with Gasteiger partial charge in [-0.25, -0.2) is 9.07 Å². The number of fused-ring (bicyclic) bond motifs is 1. The fraction of sp³-hybridized carbons (Fsp3) is 0.143. The van der Waals surface area contributed by atoms with E-state index in [0.717, 1.165) is 5.56 Å². The summed E-state index contributed by atoms with van der Waals surface area (Å²) in [6, 6.07) is 22.6. The first-order chi connectivity index (χ1) is 18.0. The fourth-order valence-corrected chi connectivity index (χ4v) is 4.28. The molecule has 0 bridgehead atoms. The Kier molecular flexibility index (Phi) is 6.76. The third-order valence-electron chi connectivity index (χ3n) is 6.07. The van der Waals surface area contributed by atoms with Crippen LogP contribution in [0, 0.1) is 12.7 Å². The number of nitrogens with zero attached hydrogens (tertiary/aromatic N) is 4. The van der Waals surface area contributed by atoms with Crippen LogP contribution in [0.4, 0.5) is 10.1 Å². The molecule has 8 nitrogen and oxygen atoms in total. The molecule has 2 aromatic heterocycles. The Morgan fingerprint density at radius 3 is 2.62 bits per heavy atom. The van der Waals surface area contributed by atoms with Crippen molar-refractivity contribution >= 4 is 28.5 Å². The molecule has 186 valence electrons. The molecule has 1 atom stereocenters. The third-order valence-corrected chi connectivity index (χ3v) is 6.07. The zero-order valence-corrected chi connectivity index (χ0v) is 20.0. The van der Waals surface area contributed by atoms with Gasteiger partial charge < -0.3 is 9.73 Å². The monoisotopic (exact) mass is 497 g/mol. The number of para-hydroxylation sites is 1. The first-order valence-corrected chi connectivity index (χ1v) is 11.7. The van der Waals surface area contributed by atoms with Gasteiger partial charge in [0.05, 0.1) is 18.3 Å². The van der Waals surface area contributed by atoms with Crippen LogP contribution in [0.3, 0.4) is 0 Å². The summed E-state index contributed by atoms with van der Waals surface area (Å²) in [7, 11) is 0. The zero-order valence-electron chi connectivity index (χ0n) is 20.0. The molecule has 2 amide bonds. The molecule has 0 aliphatic heterocycles. The number of halogens is 1. The van der Waals surface area contributed by atoms with E-state index in [1.54, 1.807) is 36.4 Å². The highest BCUT2D eigenvalue weighted by Gasteiger charge is 2.34. The largest absolute Gasteiger partial charge is 0.467 e. The van der Waals surface area contributed by atoms with Gasteiger partial charge in [0.2, 0.25) is 11.8 Å². The summed E-state index contributed by atoms with van der Waals surface area (Å²) >= 11 is 0. The molecule has 0 fully saturated rings. The Balaban J connectivity index is 1.57. The molecule has 0 spiro atoms. The smallest absolute Gasteiger partial charge is 0.249 e. The van der Waals surface area contributed by atoms with Gasteiger partial charge in [-0.2, -0.15) is 0 Å². The van der Waals surface area contributed by atoms with Crippen LogP contribution in [-0.4, -0.2) is 26.8 Å². The molecule has 5 rings (SSSR count). The number of carbonyl (C=O) groups excluding carboxylic acids is 2. The minimum absolute atomic E-state index is 0.132. The Hall–Kier alpha value is -4.79. The lowest BCUT2D eigenvalue weighted by Gasteiger charge is -2.32. The van der Waals surface area contributed by atoms with Gasteiger partial charge in [0, 0.05) is 5.69 Å². The van der Waals surface area contributed by atoms with E-state index >= 15 is 0 Å². The summed E-state index contributed by atoms with van der Waals surface area (Å²) in [5.74, 6) is -0.856. The Morgan fingerprint density at radius 2 is 1.84 bits per heavy atom. The number of amides is 2. The van der Waals surface area contributed by atoms with Gasteiger partial charge in [-0.1, -0.05) is 47.7 Å². The van der Waals surface area contributed by atoms with Crippen LogP contribution in [0.1, 0.15) is 22.9 Å². The van der Waals surface area contributed by atoms with Crippen LogP contribution in [0.2, 0.25) is 0 Å². The molecule has 0 saturated carbocycles. The fourth-order valence-electron chi connectivity index (χ4n) is 4.28. The number of aromatic nitrogens is 3. The Labute approximate surface area is 212 Å². The minimum Gasteiger partial charge on any atom is -0.467 e. The summed E-state index contributed by atoms with van der Waals surface area (Å²) in [5.41, 5.74) is 2.97. The summed E-state index contributed by atoms with van der Waals surface area (Å²) in [6.45, 7) is 1.79. The number of rotatable bonds is 8. The standard InChI is InChI=1S/C28H24FN5O3/c1-19-8-2-3-12-23(19)27(28(36)30-17-22-11-7-15-37-22)34(21-10-6-9-20(29)16-21)26(35)18-33-25-14-5-4-13-24(25)31-32-33/h2-16,27H,17-18H2,1H3,(H,30,36). The highest BCUT2D eigenvalue weighted by Crippen LogP contribution is 2.31. The molecular formula is C28H24FN5O3. The van der Waals surface area contributed by atoms with E-state index in [1.165, 1.54) is 34.0 Å². The second kappa shape index (κ2) is 10.4. The number of carbonyl (C=O) groups is 2. The van der Waals surface area contributed by atoms with Crippen LogP contribution in [0.25, 0.3) is 11.0 Å². The number of hydrogen-bond donors (Lipinski definition) is 1. The first-order valence-electron chi connectivity index (χ1n) is 11.7. The zero-order chi connectivity index (χ0) is 25.8. The van der Waals surface area contributed by atoms with Crippen LogP contribution < -0.4 is 10.2 Å². The molecule has 9 heteroatoms. The van der Waals surface area contributed by atoms with Crippen molar-refractivity contribution in [2.75, 3.05) is 4.90 Å². The lowest BCUT2D eigenvalue weighted by Crippen LogP contribution is -2.45. The molecule has 1 unspecified atom stereocenters. The normalized spacial score (nSPS) is 11.8. The van der Waals surface area contributed by atoms with Crippen molar-refractivity contribution in [3.63, 3.8) is 0 Å². The van der Waals surface area contributed by atoms with Gasteiger partial charge in [0.1, 0.15) is 29.7 Å². The SMILES string of the molecule is Cc1ccccc1C(C(=O)NCc1ccco1)N(C(=O)Cn1nnc2ccccc21)c1cccc(F)c1. The van der Waals surface area contributed by atoms with E-state index in [9.17, 15) is 14.0 Å². The van der Waals surface area contributed by atoms with Gasteiger partial charge in [-0.3, -0.25) is 14.5 Å². The lowest BCUT2D eigenvalue weighted by molar-refractivity contribution is -0.127. The van der Waals surface area contributed by atoms with Crippen molar-refractivity contribution in [1.82, 2.24) is 20.3 Å². The van der Waals surface area contributed by atoms with Crippen molar-refractivity contribution in [2.45, 2.75) is 26.1 Å². The maximum atomic E-state index is 14.4. The second-order valence-corrected chi connectivity index (χ2v) is 8.54. The predicted molar refractivity (Wildman–Crippen MR) is 136 cm³/mol. The minimum atomic E-state index is -1.08. The molecule has 37 heavy (non-hydrogen) atoms. The van der Waals surface area contributed by atoms with Gasteiger partial charge in [-0.15, -0.1) is 5.10 Å². The predicted octanol–water partition coefficient (Wildman–Crippen LogP) is 4.56. The average Bonchev–Trinajstić information content (AvgIpc) is 3.57. The summed E-state index contributed by atoms with van der Waals surface area (Å²) in [5, 5.41) is 11.1. The summed E-state index contributed by atoms with van der Waals surface area (Å²) in [6.07, 6.45) is 1.52. The highest BCUT2D eigenvalue weighted by molar-refractivity contribution is 6.01. The van der Waals surface area contributed by atoms with Gasteiger partial charge in [-0.05, 0) is 60.5 Å². The second-order valence-electron chi connectivity index (χ2n) is 8.54. The van der Waals surface area contributed by atoms with E-state index < -0.39 is 23.7 Å². The number of anilines is 1. The molecule has 0 aliphatic carbocycles. The maximum Gasteiger partial charge on any atom is 0.249 e. The molecule has 0 aliphatic rings. The van der Waals surface area contributed by atoms with E-state index in [-0.39, 0.29) is 18.8 Å². The molecule has 3 aromatic carbocycles. The molecule has 0 radical (unpaired) electrons. The lowest BCUT2D eigenvalue weighted by atomic mass is 9.98. The van der Waals surface area contributed by atoms with Crippen molar-refractivity contribution in [3.05, 3.63) is 114 Å². The maximum absolute atomic E-state index is 14.4. The van der Waals surface area contributed by atoms with Crippen LogP contribution in [0.15, 0.2) is 95.6 Å². The van der Waals surface area contributed by atoms with Crippen molar-refractivity contribution in [1.29, 1.82) is 0 Å². The molecule has 5 aromatic rings. The third kappa shape index (κ3) is 5.11. The summed E-state index contributed by atoms with van der Waals surface area (Å²) in [4.78, 5) is 29.0. The number of benzene rings is 3. The van der Waals surface area contributed by atoms with Crippen molar-refractivity contribution < 1.29 is 18.4 Å². The molecule has 2 heterocycles. The quantitative estimate of drug-likeness (QED) is 0.339. The Morgan fingerprint density at radius 1 is 1.03 bits per heavy atom. The highest BCUT2D eigenvalue weighted by atomic mass is 19.1. The number of furan rings is 1. The van der Waals surface area contributed by atoms with Crippen LogP contribution >= 0.6 is 0 Å². The molecule has 0 saturated heterocycles. The number of nitrogens with one attached hydrogen (secondary N) is 1. The molecular weight excluding hydrogens is 473 g/mol. The topological polar surface area (TPSA) is 93.3 Å². The van der Waals surface area contributed by atoms with Crippen LogP contribution in [-0.2, 0) is 22.7 Å². The van der Waals surface area contributed by atoms with Gasteiger partial charge in [0.25, 0.3) is 0 Å². The van der Waals surface area contributed by atoms with E-state index in [4.69, 9.17) is 4.42 Å². The average molecular weight is 498 g/mol. The van der Waals surface area contributed by atoms with Crippen molar-refractivity contribution in [2.24, 2.45) is 0 Å². The van der Waals surface area contributed by atoms with E-state index in [1.807, 2.05) is 37.3 Å². The first kappa shape index (κ1) is 23.9. The van der Waals surface area contributed by atoms with E-state index in [2.05, 4.69) is 15.6 Å². The number of aryl methyl sites for hydroxylation is 1. The summed E-state index contributed by atoms with van der Waals surface area (Å²) < 4.78 is 21.2. The van der Waals surface area contributed by atoms with Gasteiger partial charge in [0.15, 0.2) is 0 Å². The molecule has 1 N–H and O–H groups in total. The van der Waals surface area contributed by atoms with Gasteiger partial charge >= 0.3 is 0 Å². The number of hydrogen-bond acceptors (Lipinski definition) is 5. The Bertz CT molecular complexity index is 1550.